The van der Waals surface area contributed by atoms with Crippen molar-refractivity contribution < 1.29 is 9.13 Å². The summed E-state index contributed by atoms with van der Waals surface area (Å²) < 4.78 is 17.8. The number of halogens is 1. The molecule has 1 fully saturated rings. The average Bonchev–Trinajstić information content (AvgIpc) is 2.17. The minimum atomic E-state index is -0.986. The number of ether oxygens (including phenoxy) is 1. The van der Waals surface area contributed by atoms with Crippen molar-refractivity contribution in [2.75, 3.05) is 13.2 Å². The molecule has 0 radical (unpaired) electrons. The van der Waals surface area contributed by atoms with Gasteiger partial charge < -0.3 is 4.74 Å². The third kappa shape index (κ3) is 0.996. The molecular weight excluding hydrogens is 107 g/mol. The van der Waals surface area contributed by atoms with Crippen LogP contribution in [0.3, 0.4) is 0 Å². The highest BCUT2D eigenvalue weighted by atomic mass is 19.1. The van der Waals surface area contributed by atoms with Crippen LogP contribution >= 0.6 is 0 Å². The third-order valence-electron chi connectivity index (χ3n) is 1.69. The zero-order valence-electron chi connectivity index (χ0n) is 5.11. The zero-order valence-corrected chi connectivity index (χ0v) is 5.11. The number of hydrogen-bond donors (Lipinski definition) is 0. The molecule has 1 aliphatic heterocycles. The summed E-state index contributed by atoms with van der Waals surface area (Å²) in [6.45, 7) is 2.77. The van der Waals surface area contributed by atoms with E-state index in [1.807, 2.05) is 6.92 Å². The predicted octanol–water partition coefficient (Wildman–Crippen LogP) is 1.52. The van der Waals surface area contributed by atoms with Gasteiger partial charge in [0.15, 0.2) is 0 Å². The van der Waals surface area contributed by atoms with Gasteiger partial charge in [0.1, 0.15) is 5.67 Å². The van der Waals surface area contributed by atoms with E-state index in [1.54, 1.807) is 0 Å². The van der Waals surface area contributed by atoms with Gasteiger partial charge in [-0.2, -0.15) is 0 Å². The predicted molar refractivity (Wildman–Crippen MR) is 29.6 cm³/mol. The first kappa shape index (κ1) is 6.02. The minimum Gasteiger partial charge on any atom is -0.378 e. The van der Waals surface area contributed by atoms with E-state index in [-0.39, 0.29) is 0 Å². The van der Waals surface area contributed by atoms with Crippen LogP contribution in [0.1, 0.15) is 19.8 Å². The van der Waals surface area contributed by atoms with E-state index in [0.717, 1.165) is 0 Å². The van der Waals surface area contributed by atoms with E-state index >= 15 is 0 Å². The van der Waals surface area contributed by atoms with E-state index in [2.05, 4.69) is 0 Å². The summed E-state index contributed by atoms with van der Waals surface area (Å²) in [4.78, 5) is 0. The smallest absolute Gasteiger partial charge is 0.136 e. The maximum atomic E-state index is 12.9. The Kier molecular flexibility index (Phi) is 1.52. The lowest BCUT2D eigenvalue weighted by molar-refractivity contribution is 0.109. The Morgan fingerprint density at radius 2 is 2.50 bits per heavy atom. The van der Waals surface area contributed by atoms with Crippen LogP contribution in [0.2, 0.25) is 0 Å². The van der Waals surface area contributed by atoms with Crippen LogP contribution in [-0.2, 0) is 4.74 Å². The molecule has 1 atom stereocenters. The molecule has 0 aromatic rings. The summed E-state index contributed by atoms with van der Waals surface area (Å²) in [7, 11) is 0. The first-order chi connectivity index (χ1) is 3.77. The normalized spacial score (nSPS) is 38.2. The lowest BCUT2D eigenvalue weighted by Crippen LogP contribution is -2.20. The molecule has 0 spiro atoms. The molecule has 1 rings (SSSR count). The quantitative estimate of drug-likeness (QED) is 0.507. The Morgan fingerprint density at radius 1 is 1.75 bits per heavy atom. The van der Waals surface area contributed by atoms with E-state index < -0.39 is 5.67 Å². The highest BCUT2D eigenvalue weighted by molar-refractivity contribution is 4.80. The highest BCUT2D eigenvalue weighted by Gasteiger charge is 2.32. The standard InChI is InChI=1S/C6H11FO/c1-2-6(7)3-4-8-5-6/h2-5H2,1H3/t6-/m0/s1. The summed E-state index contributed by atoms with van der Waals surface area (Å²) in [6.07, 6.45) is 1.18. The Morgan fingerprint density at radius 3 is 2.75 bits per heavy atom. The van der Waals surface area contributed by atoms with Crippen molar-refractivity contribution in [1.29, 1.82) is 0 Å². The minimum absolute atomic E-state index is 0.309. The van der Waals surface area contributed by atoms with Crippen LogP contribution < -0.4 is 0 Å². The van der Waals surface area contributed by atoms with E-state index in [0.29, 0.717) is 26.1 Å². The fourth-order valence-corrected chi connectivity index (χ4v) is 0.861. The van der Waals surface area contributed by atoms with E-state index in [4.69, 9.17) is 4.74 Å². The molecule has 0 aromatic carbocycles. The molecule has 2 heteroatoms. The van der Waals surface area contributed by atoms with Gasteiger partial charge in [-0.3, -0.25) is 0 Å². The van der Waals surface area contributed by atoms with E-state index in [9.17, 15) is 4.39 Å². The van der Waals surface area contributed by atoms with Gasteiger partial charge in [-0.25, -0.2) is 4.39 Å². The molecule has 1 aliphatic rings. The summed E-state index contributed by atoms with van der Waals surface area (Å²) in [5.41, 5.74) is -0.986. The van der Waals surface area contributed by atoms with Crippen LogP contribution in [0.15, 0.2) is 0 Å². The molecule has 48 valence electrons. The van der Waals surface area contributed by atoms with Crippen molar-refractivity contribution >= 4 is 0 Å². The third-order valence-corrected chi connectivity index (χ3v) is 1.69. The second-order valence-electron chi connectivity index (χ2n) is 2.31. The van der Waals surface area contributed by atoms with Crippen LogP contribution in [0.4, 0.5) is 4.39 Å². The second-order valence-corrected chi connectivity index (χ2v) is 2.31. The van der Waals surface area contributed by atoms with Crippen molar-refractivity contribution in [2.45, 2.75) is 25.4 Å². The van der Waals surface area contributed by atoms with Crippen LogP contribution in [0, 0.1) is 0 Å². The molecule has 0 amide bonds. The molecular formula is C6H11FO. The van der Waals surface area contributed by atoms with E-state index in [1.165, 1.54) is 0 Å². The monoisotopic (exact) mass is 118 g/mol. The van der Waals surface area contributed by atoms with Gasteiger partial charge in [-0.15, -0.1) is 0 Å². The lowest BCUT2D eigenvalue weighted by atomic mass is 10.0. The first-order valence-electron chi connectivity index (χ1n) is 3.03. The molecule has 0 saturated carbocycles. The molecule has 1 nitrogen and oxygen atoms in total. The van der Waals surface area contributed by atoms with Gasteiger partial charge in [0, 0.05) is 13.0 Å². The summed E-state index contributed by atoms with van der Waals surface area (Å²) in [5, 5.41) is 0. The first-order valence-corrected chi connectivity index (χ1v) is 3.03. The highest BCUT2D eigenvalue weighted by Crippen LogP contribution is 2.25. The molecule has 8 heavy (non-hydrogen) atoms. The Labute approximate surface area is 48.8 Å². The largest absolute Gasteiger partial charge is 0.378 e. The lowest BCUT2D eigenvalue weighted by Gasteiger charge is -2.12. The summed E-state index contributed by atoms with van der Waals surface area (Å²) in [5.74, 6) is 0. The van der Waals surface area contributed by atoms with Gasteiger partial charge in [0.25, 0.3) is 0 Å². The molecule has 0 bridgehead atoms. The van der Waals surface area contributed by atoms with Crippen molar-refractivity contribution in [3.8, 4) is 0 Å². The molecule has 0 aromatic heterocycles. The van der Waals surface area contributed by atoms with Gasteiger partial charge in [-0.05, 0) is 6.42 Å². The maximum absolute atomic E-state index is 12.9. The molecule has 0 N–H and O–H groups in total. The van der Waals surface area contributed by atoms with Gasteiger partial charge in [0.2, 0.25) is 0 Å². The van der Waals surface area contributed by atoms with Crippen molar-refractivity contribution in [3.63, 3.8) is 0 Å². The van der Waals surface area contributed by atoms with Crippen LogP contribution in [-0.4, -0.2) is 18.9 Å². The summed E-state index contributed by atoms with van der Waals surface area (Å²) >= 11 is 0. The van der Waals surface area contributed by atoms with Gasteiger partial charge in [0.05, 0.1) is 6.61 Å². The fourth-order valence-electron chi connectivity index (χ4n) is 0.861. The second kappa shape index (κ2) is 2.02. The van der Waals surface area contributed by atoms with Crippen molar-refractivity contribution in [1.82, 2.24) is 0 Å². The van der Waals surface area contributed by atoms with Crippen molar-refractivity contribution in [3.05, 3.63) is 0 Å². The van der Waals surface area contributed by atoms with Crippen molar-refractivity contribution in [2.24, 2.45) is 0 Å². The zero-order chi connectivity index (χ0) is 6.04. The Hall–Kier alpha value is -0.110. The van der Waals surface area contributed by atoms with Crippen LogP contribution in [0.25, 0.3) is 0 Å². The number of rotatable bonds is 1. The SMILES string of the molecule is CC[C@]1(F)CCOC1. The molecule has 1 saturated heterocycles. The molecule has 0 aliphatic carbocycles. The number of alkyl halides is 1. The molecule has 0 unspecified atom stereocenters. The Balaban J connectivity index is 2.40. The van der Waals surface area contributed by atoms with Gasteiger partial charge >= 0.3 is 0 Å². The Bertz CT molecular complexity index is 76.6. The molecule has 1 heterocycles. The fraction of sp³-hybridized carbons (Fsp3) is 1.00. The topological polar surface area (TPSA) is 9.23 Å². The summed E-state index contributed by atoms with van der Waals surface area (Å²) in [6, 6.07) is 0. The van der Waals surface area contributed by atoms with Gasteiger partial charge in [-0.1, -0.05) is 6.92 Å². The average molecular weight is 118 g/mol. The maximum Gasteiger partial charge on any atom is 0.136 e. The van der Waals surface area contributed by atoms with Crippen LogP contribution in [0.5, 0.6) is 0 Å². The number of hydrogen-bond acceptors (Lipinski definition) is 1.